The van der Waals surface area contributed by atoms with Gasteiger partial charge in [0, 0.05) is 10.6 Å². The van der Waals surface area contributed by atoms with Crippen molar-refractivity contribution in [1.82, 2.24) is 14.9 Å². The van der Waals surface area contributed by atoms with Gasteiger partial charge in [-0.25, -0.2) is 4.68 Å². The number of nitrogens with one attached hydrogen (secondary N) is 1. The lowest BCUT2D eigenvalue weighted by atomic mass is 10.1. The van der Waals surface area contributed by atoms with Gasteiger partial charge in [0.25, 0.3) is 0 Å². The van der Waals surface area contributed by atoms with E-state index in [2.05, 4.69) is 15.5 Å². The van der Waals surface area contributed by atoms with Crippen molar-refractivity contribution < 1.29 is 4.79 Å². The van der Waals surface area contributed by atoms with Crippen molar-refractivity contribution in [3.05, 3.63) is 56.5 Å². The highest BCUT2D eigenvalue weighted by Crippen LogP contribution is 2.31. The zero-order chi connectivity index (χ0) is 20.4. The van der Waals surface area contributed by atoms with Crippen LogP contribution in [0.2, 0.25) is 15.1 Å². The first kappa shape index (κ1) is 20.8. The molecule has 3 rings (SSSR count). The minimum atomic E-state index is -0.229. The van der Waals surface area contributed by atoms with E-state index in [1.807, 2.05) is 19.9 Å². The van der Waals surface area contributed by atoms with Crippen LogP contribution in [-0.4, -0.2) is 26.5 Å². The second-order valence-corrected chi connectivity index (χ2v) is 8.27. The van der Waals surface area contributed by atoms with Gasteiger partial charge in [0.05, 0.1) is 21.5 Å². The van der Waals surface area contributed by atoms with Crippen LogP contribution >= 0.6 is 46.6 Å². The number of aryl methyl sites for hydroxylation is 2. The molecule has 0 unspecified atom stereocenters. The Morgan fingerprint density at radius 3 is 2.57 bits per heavy atom. The molecule has 6 nitrogen and oxygen atoms in total. The van der Waals surface area contributed by atoms with Crippen LogP contribution in [-0.2, 0) is 4.79 Å². The molecule has 0 aliphatic rings. The Morgan fingerprint density at radius 2 is 1.89 bits per heavy atom. The van der Waals surface area contributed by atoms with E-state index in [1.54, 1.807) is 24.3 Å². The van der Waals surface area contributed by atoms with Crippen LogP contribution < -0.4 is 11.2 Å². The molecule has 0 atom stereocenters. The van der Waals surface area contributed by atoms with Crippen LogP contribution in [0.5, 0.6) is 0 Å². The third-order valence-electron chi connectivity index (χ3n) is 3.87. The number of benzene rings is 2. The normalized spacial score (nSPS) is 10.9. The van der Waals surface area contributed by atoms with E-state index >= 15 is 0 Å². The van der Waals surface area contributed by atoms with E-state index in [0.29, 0.717) is 37.3 Å². The number of aromatic nitrogens is 3. The van der Waals surface area contributed by atoms with Gasteiger partial charge < -0.3 is 11.2 Å². The number of carbonyl (C=O) groups excluding carboxylic acids is 1. The Kier molecular flexibility index (Phi) is 6.40. The van der Waals surface area contributed by atoms with Gasteiger partial charge >= 0.3 is 0 Å². The standard InChI is InChI=1S/C18H16Cl3N5OS/c1-9-5-10(2)16(14(21)6-9)23-15(27)8-28-18-25-24-17(26(18)22)12-4-3-11(19)7-13(12)20/h3-7H,8,22H2,1-2H3,(H,23,27). The summed E-state index contributed by atoms with van der Waals surface area (Å²) in [6, 6.07) is 8.75. The van der Waals surface area contributed by atoms with Gasteiger partial charge in [0.2, 0.25) is 11.1 Å². The first-order valence-corrected chi connectivity index (χ1v) is 10.2. The smallest absolute Gasteiger partial charge is 0.234 e. The van der Waals surface area contributed by atoms with Crippen molar-refractivity contribution in [2.75, 3.05) is 16.9 Å². The minimum absolute atomic E-state index is 0.0906. The average molecular weight is 457 g/mol. The molecule has 146 valence electrons. The van der Waals surface area contributed by atoms with Crippen molar-refractivity contribution in [1.29, 1.82) is 0 Å². The Hall–Kier alpha value is -1.93. The molecule has 0 aliphatic heterocycles. The number of rotatable bonds is 5. The maximum atomic E-state index is 12.3. The monoisotopic (exact) mass is 455 g/mol. The van der Waals surface area contributed by atoms with E-state index in [4.69, 9.17) is 40.6 Å². The van der Waals surface area contributed by atoms with Crippen LogP contribution in [0.1, 0.15) is 11.1 Å². The van der Waals surface area contributed by atoms with E-state index in [-0.39, 0.29) is 11.7 Å². The van der Waals surface area contributed by atoms with Crippen molar-refractivity contribution in [2.24, 2.45) is 0 Å². The van der Waals surface area contributed by atoms with Gasteiger partial charge in [-0.3, -0.25) is 4.79 Å². The third-order valence-corrected chi connectivity index (χ3v) is 5.65. The second-order valence-electron chi connectivity index (χ2n) is 6.08. The summed E-state index contributed by atoms with van der Waals surface area (Å²) >= 11 is 19.5. The van der Waals surface area contributed by atoms with Gasteiger partial charge in [0.15, 0.2) is 5.82 Å². The first-order valence-electron chi connectivity index (χ1n) is 8.11. The number of carbonyl (C=O) groups is 1. The summed E-state index contributed by atoms with van der Waals surface area (Å²) in [5, 5.41) is 12.7. The highest BCUT2D eigenvalue weighted by atomic mass is 35.5. The van der Waals surface area contributed by atoms with Crippen LogP contribution in [0.3, 0.4) is 0 Å². The summed E-state index contributed by atoms with van der Waals surface area (Å²) in [5.74, 6) is 6.31. The lowest BCUT2D eigenvalue weighted by molar-refractivity contribution is -0.113. The van der Waals surface area contributed by atoms with E-state index in [1.165, 1.54) is 4.68 Å². The molecular formula is C18H16Cl3N5OS. The zero-order valence-electron chi connectivity index (χ0n) is 15.0. The Balaban J connectivity index is 1.70. The molecular weight excluding hydrogens is 441 g/mol. The summed E-state index contributed by atoms with van der Waals surface area (Å²) in [6.07, 6.45) is 0. The maximum Gasteiger partial charge on any atom is 0.234 e. The number of nitrogens with zero attached hydrogens (tertiary/aromatic N) is 3. The number of nitrogens with two attached hydrogens (primary N) is 1. The Bertz CT molecular complexity index is 1030. The molecule has 3 N–H and O–H groups in total. The average Bonchev–Trinajstić information content (AvgIpc) is 2.97. The number of thioether (sulfide) groups is 1. The molecule has 10 heteroatoms. The molecule has 28 heavy (non-hydrogen) atoms. The number of amides is 1. The van der Waals surface area contributed by atoms with Gasteiger partial charge in [0.1, 0.15) is 0 Å². The Morgan fingerprint density at radius 1 is 1.14 bits per heavy atom. The molecule has 3 aromatic rings. The molecule has 0 saturated heterocycles. The number of hydrogen-bond donors (Lipinski definition) is 2. The van der Waals surface area contributed by atoms with Crippen molar-refractivity contribution in [3.8, 4) is 11.4 Å². The van der Waals surface area contributed by atoms with Crippen molar-refractivity contribution in [3.63, 3.8) is 0 Å². The molecule has 1 heterocycles. The summed E-state index contributed by atoms with van der Waals surface area (Å²) in [6.45, 7) is 3.83. The van der Waals surface area contributed by atoms with Gasteiger partial charge in [-0.15, -0.1) is 10.2 Å². The lowest BCUT2D eigenvalue weighted by Gasteiger charge is -2.11. The third kappa shape index (κ3) is 4.55. The fraction of sp³-hybridized carbons (Fsp3) is 0.167. The molecule has 0 aliphatic carbocycles. The topological polar surface area (TPSA) is 85.8 Å². The molecule has 0 fully saturated rings. The van der Waals surface area contributed by atoms with Crippen LogP contribution in [0.4, 0.5) is 5.69 Å². The van der Waals surface area contributed by atoms with E-state index in [0.717, 1.165) is 22.9 Å². The van der Waals surface area contributed by atoms with Crippen LogP contribution in [0.15, 0.2) is 35.5 Å². The van der Waals surface area contributed by atoms with Gasteiger partial charge in [-0.05, 0) is 49.2 Å². The van der Waals surface area contributed by atoms with E-state index < -0.39 is 0 Å². The quantitative estimate of drug-likeness (QED) is 0.418. The molecule has 0 saturated carbocycles. The number of anilines is 1. The summed E-state index contributed by atoms with van der Waals surface area (Å²) in [4.78, 5) is 12.3. The summed E-state index contributed by atoms with van der Waals surface area (Å²) in [5.41, 5.74) is 3.12. The lowest BCUT2D eigenvalue weighted by Crippen LogP contribution is -2.17. The predicted octanol–water partition coefficient (Wildman–Crippen LogP) is 4.97. The highest BCUT2D eigenvalue weighted by molar-refractivity contribution is 7.99. The van der Waals surface area contributed by atoms with Crippen molar-refractivity contribution >= 4 is 58.2 Å². The highest BCUT2D eigenvalue weighted by Gasteiger charge is 2.17. The number of nitrogen functional groups attached to an aromatic ring is 1. The number of hydrogen-bond acceptors (Lipinski definition) is 5. The van der Waals surface area contributed by atoms with Crippen molar-refractivity contribution in [2.45, 2.75) is 19.0 Å². The molecule has 1 aromatic heterocycles. The predicted molar refractivity (Wildman–Crippen MR) is 116 cm³/mol. The summed E-state index contributed by atoms with van der Waals surface area (Å²) in [7, 11) is 0. The molecule has 1 amide bonds. The largest absolute Gasteiger partial charge is 0.335 e. The fourth-order valence-electron chi connectivity index (χ4n) is 2.61. The SMILES string of the molecule is Cc1cc(C)c(NC(=O)CSc2nnc(-c3ccc(Cl)cc3Cl)n2N)c(Cl)c1. The maximum absolute atomic E-state index is 12.3. The van der Waals surface area contributed by atoms with Crippen LogP contribution in [0, 0.1) is 13.8 Å². The minimum Gasteiger partial charge on any atom is -0.335 e. The first-order chi connectivity index (χ1) is 13.3. The van der Waals surface area contributed by atoms with Gasteiger partial charge in [-0.1, -0.05) is 52.6 Å². The summed E-state index contributed by atoms with van der Waals surface area (Å²) < 4.78 is 1.29. The molecule has 0 spiro atoms. The van der Waals surface area contributed by atoms with E-state index in [9.17, 15) is 4.79 Å². The fourth-order valence-corrected chi connectivity index (χ4v) is 4.13. The van der Waals surface area contributed by atoms with Gasteiger partial charge in [-0.2, -0.15) is 0 Å². The van der Waals surface area contributed by atoms with Crippen LogP contribution in [0.25, 0.3) is 11.4 Å². The molecule has 0 radical (unpaired) electrons. The zero-order valence-corrected chi connectivity index (χ0v) is 18.0. The molecule has 0 bridgehead atoms. The molecule has 2 aromatic carbocycles. The number of halogens is 3. The Labute approximate surface area is 181 Å². The second kappa shape index (κ2) is 8.61.